The second-order valence-corrected chi connectivity index (χ2v) is 6.56. The normalized spacial score (nSPS) is 10.2. The van der Waals surface area contributed by atoms with E-state index >= 15 is 0 Å². The van der Waals surface area contributed by atoms with Crippen molar-refractivity contribution in [3.8, 4) is 0 Å². The van der Waals surface area contributed by atoms with Gasteiger partial charge in [-0.05, 0) is 23.8 Å². The van der Waals surface area contributed by atoms with E-state index in [9.17, 15) is 19.7 Å². The highest BCUT2D eigenvalue weighted by Gasteiger charge is 2.16. The second-order valence-electron chi connectivity index (χ2n) is 5.54. The molecule has 0 bridgehead atoms. The summed E-state index contributed by atoms with van der Waals surface area (Å²) >= 11 is 1.15. The highest BCUT2D eigenvalue weighted by Crippen LogP contribution is 2.28. The number of amides is 2. The average molecular weight is 373 g/mol. The molecule has 0 aliphatic heterocycles. The Hall–Kier alpha value is -2.87. The van der Waals surface area contributed by atoms with Gasteiger partial charge >= 0.3 is 0 Å². The number of carbonyl (C=O) groups excluding carboxylic acids is 2. The SMILES string of the molecule is CNC(=O)c1ccc(CN(C)C(=O)CSc2ccccc2[N+](=O)[O-])cc1. The van der Waals surface area contributed by atoms with Crippen molar-refractivity contribution in [3.05, 3.63) is 69.8 Å². The average Bonchev–Trinajstić information content (AvgIpc) is 2.66. The Kier molecular flexibility index (Phi) is 6.74. The maximum atomic E-state index is 12.3. The molecule has 0 saturated heterocycles. The Labute approximate surface area is 155 Å². The molecule has 0 unspecified atom stereocenters. The third kappa shape index (κ3) is 5.06. The summed E-state index contributed by atoms with van der Waals surface area (Å²) < 4.78 is 0. The van der Waals surface area contributed by atoms with Crippen LogP contribution in [0.25, 0.3) is 0 Å². The number of benzene rings is 2. The molecule has 0 aliphatic carbocycles. The van der Waals surface area contributed by atoms with Gasteiger partial charge in [0.2, 0.25) is 5.91 Å². The lowest BCUT2D eigenvalue weighted by atomic mass is 10.1. The quantitative estimate of drug-likeness (QED) is 0.458. The first kappa shape index (κ1) is 19.5. The molecule has 0 fully saturated rings. The molecule has 2 rings (SSSR count). The summed E-state index contributed by atoms with van der Waals surface area (Å²) in [6.07, 6.45) is 0. The molecule has 0 aromatic heterocycles. The summed E-state index contributed by atoms with van der Waals surface area (Å²) in [7, 11) is 3.24. The van der Waals surface area contributed by atoms with Crippen molar-refractivity contribution < 1.29 is 14.5 Å². The van der Waals surface area contributed by atoms with Gasteiger partial charge in [0.05, 0.1) is 15.6 Å². The van der Waals surface area contributed by atoms with Crippen LogP contribution in [0.2, 0.25) is 0 Å². The lowest BCUT2D eigenvalue weighted by Gasteiger charge is -2.17. The van der Waals surface area contributed by atoms with Gasteiger partial charge in [0.25, 0.3) is 11.6 Å². The number of hydrogen-bond acceptors (Lipinski definition) is 5. The number of thioether (sulfide) groups is 1. The highest BCUT2D eigenvalue weighted by molar-refractivity contribution is 8.00. The van der Waals surface area contributed by atoms with E-state index in [4.69, 9.17) is 0 Å². The Balaban J connectivity index is 1.94. The fourth-order valence-corrected chi connectivity index (χ4v) is 3.21. The van der Waals surface area contributed by atoms with Crippen LogP contribution >= 0.6 is 11.8 Å². The molecule has 2 aromatic carbocycles. The van der Waals surface area contributed by atoms with E-state index in [0.717, 1.165) is 17.3 Å². The van der Waals surface area contributed by atoms with Crippen molar-refractivity contribution in [2.75, 3.05) is 19.8 Å². The maximum Gasteiger partial charge on any atom is 0.282 e. The highest BCUT2D eigenvalue weighted by atomic mass is 32.2. The third-order valence-corrected chi connectivity index (χ3v) is 4.75. The van der Waals surface area contributed by atoms with Crippen molar-refractivity contribution in [1.82, 2.24) is 10.2 Å². The summed E-state index contributed by atoms with van der Waals surface area (Å²) in [5.74, 6) is -0.192. The van der Waals surface area contributed by atoms with E-state index in [1.165, 1.54) is 6.07 Å². The van der Waals surface area contributed by atoms with Crippen LogP contribution in [0.15, 0.2) is 53.4 Å². The number of nitrogens with zero attached hydrogens (tertiary/aromatic N) is 2. The van der Waals surface area contributed by atoms with Crippen LogP contribution in [0.1, 0.15) is 15.9 Å². The number of nitro benzene ring substituents is 1. The lowest BCUT2D eigenvalue weighted by Crippen LogP contribution is -2.27. The van der Waals surface area contributed by atoms with Gasteiger partial charge in [0, 0.05) is 32.3 Å². The minimum Gasteiger partial charge on any atom is -0.355 e. The summed E-state index contributed by atoms with van der Waals surface area (Å²) in [5.41, 5.74) is 1.44. The molecule has 0 aliphatic rings. The fraction of sp³-hybridized carbons (Fsp3) is 0.222. The number of nitro groups is 1. The van der Waals surface area contributed by atoms with Crippen LogP contribution in [0.3, 0.4) is 0 Å². The number of hydrogen-bond donors (Lipinski definition) is 1. The summed E-state index contributed by atoms with van der Waals surface area (Å²) in [6, 6.07) is 13.4. The number of carbonyl (C=O) groups is 2. The maximum absolute atomic E-state index is 12.3. The molecule has 0 atom stereocenters. The molecule has 0 spiro atoms. The molecule has 0 saturated carbocycles. The van der Waals surface area contributed by atoms with Crippen molar-refractivity contribution >= 4 is 29.3 Å². The molecule has 136 valence electrons. The van der Waals surface area contributed by atoms with E-state index in [0.29, 0.717) is 17.0 Å². The van der Waals surface area contributed by atoms with Crippen LogP contribution in [0.4, 0.5) is 5.69 Å². The first-order valence-corrected chi connectivity index (χ1v) is 8.82. The van der Waals surface area contributed by atoms with E-state index in [1.807, 2.05) is 0 Å². The first-order valence-electron chi connectivity index (χ1n) is 7.83. The van der Waals surface area contributed by atoms with E-state index in [2.05, 4.69) is 5.32 Å². The van der Waals surface area contributed by atoms with E-state index in [-0.39, 0.29) is 23.3 Å². The molecule has 7 nitrogen and oxygen atoms in total. The second kappa shape index (κ2) is 9.00. The molecule has 0 heterocycles. The van der Waals surface area contributed by atoms with Crippen LogP contribution < -0.4 is 5.32 Å². The lowest BCUT2D eigenvalue weighted by molar-refractivity contribution is -0.387. The Morgan fingerprint density at radius 1 is 1.15 bits per heavy atom. The standard InChI is InChI=1S/C18H19N3O4S/c1-19-18(23)14-9-7-13(8-10-14)11-20(2)17(22)12-26-16-6-4-3-5-15(16)21(24)25/h3-10H,11-12H2,1-2H3,(H,19,23). The van der Waals surface area contributed by atoms with Crippen LogP contribution in [0.5, 0.6) is 0 Å². The Morgan fingerprint density at radius 3 is 2.42 bits per heavy atom. The van der Waals surface area contributed by atoms with Gasteiger partial charge in [-0.2, -0.15) is 0 Å². The molecular formula is C18H19N3O4S. The van der Waals surface area contributed by atoms with Crippen LogP contribution in [0, 0.1) is 10.1 Å². The van der Waals surface area contributed by atoms with Crippen LogP contribution in [-0.2, 0) is 11.3 Å². The molecule has 1 N–H and O–H groups in total. The largest absolute Gasteiger partial charge is 0.355 e. The zero-order valence-corrected chi connectivity index (χ0v) is 15.3. The van der Waals surface area contributed by atoms with Crippen molar-refractivity contribution in [1.29, 1.82) is 0 Å². The predicted octanol–water partition coefficient (Wildman–Crippen LogP) is 2.71. The molecule has 26 heavy (non-hydrogen) atoms. The topological polar surface area (TPSA) is 92.6 Å². The predicted molar refractivity (Wildman–Crippen MR) is 100 cm³/mol. The van der Waals surface area contributed by atoms with E-state index in [1.54, 1.807) is 61.5 Å². The Bertz CT molecular complexity index is 808. The van der Waals surface area contributed by atoms with Crippen LogP contribution in [-0.4, -0.2) is 41.5 Å². The zero-order chi connectivity index (χ0) is 19.1. The molecular weight excluding hydrogens is 354 g/mol. The zero-order valence-electron chi connectivity index (χ0n) is 14.5. The monoisotopic (exact) mass is 373 g/mol. The summed E-state index contributed by atoms with van der Waals surface area (Å²) in [6.45, 7) is 0.393. The van der Waals surface area contributed by atoms with Crippen molar-refractivity contribution in [3.63, 3.8) is 0 Å². The van der Waals surface area contributed by atoms with Gasteiger partial charge < -0.3 is 10.2 Å². The minimum atomic E-state index is -0.454. The van der Waals surface area contributed by atoms with Crippen molar-refractivity contribution in [2.45, 2.75) is 11.4 Å². The number of para-hydroxylation sites is 1. The van der Waals surface area contributed by atoms with Gasteiger partial charge in [-0.3, -0.25) is 19.7 Å². The molecule has 0 radical (unpaired) electrons. The van der Waals surface area contributed by atoms with Gasteiger partial charge in [-0.25, -0.2) is 0 Å². The van der Waals surface area contributed by atoms with Gasteiger partial charge in [-0.15, -0.1) is 11.8 Å². The number of nitrogens with one attached hydrogen (secondary N) is 1. The summed E-state index contributed by atoms with van der Waals surface area (Å²) in [4.78, 5) is 36.4. The van der Waals surface area contributed by atoms with Crippen molar-refractivity contribution in [2.24, 2.45) is 0 Å². The molecule has 2 aromatic rings. The number of rotatable bonds is 7. The minimum absolute atomic E-state index is 0.00209. The van der Waals surface area contributed by atoms with Gasteiger partial charge in [-0.1, -0.05) is 24.3 Å². The fourth-order valence-electron chi connectivity index (χ4n) is 2.25. The Morgan fingerprint density at radius 2 is 1.81 bits per heavy atom. The first-order chi connectivity index (χ1) is 12.4. The molecule has 2 amide bonds. The van der Waals surface area contributed by atoms with E-state index < -0.39 is 4.92 Å². The third-order valence-electron chi connectivity index (χ3n) is 3.70. The van der Waals surface area contributed by atoms with Gasteiger partial charge in [0.1, 0.15) is 0 Å². The summed E-state index contributed by atoms with van der Waals surface area (Å²) in [5, 5.41) is 13.6. The van der Waals surface area contributed by atoms with Gasteiger partial charge in [0.15, 0.2) is 0 Å². The smallest absolute Gasteiger partial charge is 0.282 e. The molecule has 8 heteroatoms.